The van der Waals surface area contributed by atoms with Crippen LogP contribution in [-0.4, -0.2) is 29.8 Å². The second-order valence-corrected chi connectivity index (χ2v) is 3.98. The van der Waals surface area contributed by atoms with E-state index in [4.69, 9.17) is 15.6 Å². The van der Waals surface area contributed by atoms with Gasteiger partial charge in [0, 0.05) is 13.2 Å². The van der Waals surface area contributed by atoms with Crippen molar-refractivity contribution in [2.24, 2.45) is 11.7 Å². The predicted octanol–water partition coefficient (Wildman–Crippen LogP) is 1.03. The van der Waals surface area contributed by atoms with Gasteiger partial charge in [-0.05, 0) is 32.1 Å². The number of carbonyl (C=O) groups is 1. The minimum Gasteiger partial charge on any atom is -0.480 e. The van der Waals surface area contributed by atoms with Gasteiger partial charge in [-0.2, -0.15) is 0 Å². The molecule has 5 heteroatoms. The minimum absolute atomic E-state index is 0. The van der Waals surface area contributed by atoms with E-state index in [1.807, 2.05) is 0 Å². The quantitative estimate of drug-likeness (QED) is 0.750. The molecular formula is C9H18ClNO3. The molecule has 1 saturated heterocycles. The van der Waals surface area contributed by atoms with Gasteiger partial charge < -0.3 is 15.6 Å². The molecule has 4 nitrogen and oxygen atoms in total. The van der Waals surface area contributed by atoms with Crippen LogP contribution in [0.15, 0.2) is 0 Å². The largest absolute Gasteiger partial charge is 0.480 e. The molecule has 0 amide bonds. The van der Waals surface area contributed by atoms with Gasteiger partial charge in [0.15, 0.2) is 0 Å². The van der Waals surface area contributed by atoms with Gasteiger partial charge in [-0.25, -0.2) is 0 Å². The summed E-state index contributed by atoms with van der Waals surface area (Å²) < 4.78 is 5.19. The van der Waals surface area contributed by atoms with Crippen LogP contribution in [0.1, 0.15) is 26.2 Å². The number of nitrogens with two attached hydrogens (primary N) is 1. The van der Waals surface area contributed by atoms with Crippen molar-refractivity contribution >= 4 is 18.4 Å². The van der Waals surface area contributed by atoms with Crippen molar-refractivity contribution < 1.29 is 14.6 Å². The number of rotatable bonds is 3. The fourth-order valence-corrected chi connectivity index (χ4v) is 1.64. The molecule has 1 fully saturated rings. The van der Waals surface area contributed by atoms with E-state index in [9.17, 15) is 4.79 Å². The zero-order valence-electron chi connectivity index (χ0n) is 8.36. The van der Waals surface area contributed by atoms with Gasteiger partial charge in [-0.15, -0.1) is 12.4 Å². The number of hydrogen-bond donors (Lipinski definition) is 2. The Morgan fingerprint density at radius 2 is 2.07 bits per heavy atom. The highest BCUT2D eigenvalue weighted by molar-refractivity contribution is 5.85. The Morgan fingerprint density at radius 3 is 2.50 bits per heavy atom. The Bertz CT molecular complexity index is 190. The average Bonchev–Trinajstić information content (AvgIpc) is 2.05. The van der Waals surface area contributed by atoms with Gasteiger partial charge in [-0.1, -0.05) is 0 Å². The van der Waals surface area contributed by atoms with Gasteiger partial charge in [-0.3, -0.25) is 4.79 Å². The third-order valence-electron chi connectivity index (χ3n) is 2.54. The molecule has 0 aromatic heterocycles. The van der Waals surface area contributed by atoms with E-state index >= 15 is 0 Å². The third kappa shape index (κ3) is 3.82. The molecular weight excluding hydrogens is 206 g/mol. The molecule has 1 aliphatic heterocycles. The number of carboxylic acid groups (broad SMARTS) is 1. The molecule has 1 unspecified atom stereocenters. The lowest BCUT2D eigenvalue weighted by molar-refractivity contribution is -0.143. The first-order valence-corrected chi connectivity index (χ1v) is 4.62. The lowest BCUT2D eigenvalue weighted by atomic mass is 9.85. The van der Waals surface area contributed by atoms with E-state index in [2.05, 4.69) is 0 Å². The fraction of sp³-hybridized carbons (Fsp3) is 0.889. The maximum absolute atomic E-state index is 10.7. The molecule has 0 bridgehead atoms. The first-order valence-electron chi connectivity index (χ1n) is 4.62. The van der Waals surface area contributed by atoms with Gasteiger partial charge in [0.05, 0.1) is 0 Å². The highest BCUT2D eigenvalue weighted by atomic mass is 35.5. The van der Waals surface area contributed by atoms with Crippen molar-refractivity contribution in [2.45, 2.75) is 31.7 Å². The van der Waals surface area contributed by atoms with E-state index in [1.165, 1.54) is 0 Å². The molecule has 3 N–H and O–H groups in total. The summed E-state index contributed by atoms with van der Waals surface area (Å²) in [6.07, 6.45) is 2.41. The van der Waals surface area contributed by atoms with Crippen molar-refractivity contribution in [3.8, 4) is 0 Å². The molecule has 14 heavy (non-hydrogen) atoms. The minimum atomic E-state index is -1.08. The number of halogens is 1. The highest BCUT2D eigenvalue weighted by Crippen LogP contribution is 2.23. The monoisotopic (exact) mass is 223 g/mol. The zero-order valence-corrected chi connectivity index (χ0v) is 9.18. The van der Waals surface area contributed by atoms with E-state index in [1.54, 1.807) is 6.92 Å². The summed E-state index contributed by atoms with van der Waals surface area (Å²) in [4.78, 5) is 10.7. The van der Waals surface area contributed by atoms with Crippen LogP contribution in [0, 0.1) is 5.92 Å². The van der Waals surface area contributed by atoms with Crippen LogP contribution in [0.3, 0.4) is 0 Å². The molecule has 0 aromatic rings. The summed E-state index contributed by atoms with van der Waals surface area (Å²) in [7, 11) is 0. The van der Waals surface area contributed by atoms with Gasteiger partial charge in [0.25, 0.3) is 0 Å². The SMILES string of the molecule is CC(N)(CC1CCOCC1)C(=O)O.Cl. The zero-order chi connectivity index (χ0) is 9.90. The second-order valence-electron chi connectivity index (χ2n) is 3.98. The van der Waals surface area contributed by atoms with Crippen LogP contribution in [-0.2, 0) is 9.53 Å². The third-order valence-corrected chi connectivity index (χ3v) is 2.54. The Morgan fingerprint density at radius 1 is 1.57 bits per heavy atom. The maximum atomic E-state index is 10.7. The van der Waals surface area contributed by atoms with Crippen LogP contribution in [0.25, 0.3) is 0 Å². The Hall–Kier alpha value is -0.320. The van der Waals surface area contributed by atoms with Crippen LogP contribution < -0.4 is 5.73 Å². The Kier molecular flexibility index (Phi) is 5.41. The summed E-state index contributed by atoms with van der Waals surface area (Å²) in [6, 6.07) is 0. The maximum Gasteiger partial charge on any atom is 0.323 e. The summed E-state index contributed by atoms with van der Waals surface area (Å²) in [5.41, 5.74) is 4.57. The standard InChI is InChI=1S/C9H17NO3.ClH/c1-9(10,8(11)12)6-7-2-4-13-5-3-7;/h7H,2-6,10H2,1H3,(H,11,12);1H. The number of aliphatic carboxylic acids is 1. The molecule has 0 aromatic carbocycles. The Labute approximate surface area is 90.2 Å². The molecule has 84 valence electrons. The van der Waals surface area contributed by atoms with Crippen molar-refractivity contribution in [2.75, 3.05) is 13.2 Å². The van der Waals surface area contributed by atoms with Crippen LogP contribution in [0.4, 0.5) is 0 Å². The molecule has 1 atom stereocenters. The van der Waals surface area contributed by atoms with E-state index in [0.29, 0.717) is 12.3 Å². The van der Waals surface area contributed by atoms with Crippen molar-refractivity contribution in [1.82, 2.24) is 0 Å². The van der Waals surface area contributed by atoms with E-state index in [-0.39, 0.29) is 12.4 Å². The van der Waals surface area contributed by atoms with Gasteiger partial charge >= 0.3 is 5.97 Å². The normalized spacial score (nSPS) is 22.1. The Balaban J connectivity index is 0.00000169. The van der Waals surface area contributed by atoms with Crippen LogP contribution >= 0.6 is 12.4 Å². The molecule has 1 aliphatic rings. The van der Waals surface area contributed by atoms with Crippen molar-refractivity contribution in [3.05, 3.63) is 0 Å². The summed E-state index contributed by atoms with van der Waals surface area (Å²) in [6.45, 7) is 3.05. The predicted molar refractivity (Wildman–Crippen MR) is 55.6 cm³/mol. The van der Waals surface area contributed by atoms with E-state index < -0.39 is 11.5 Å². The lowest BCUT2D eigenvalue weighted by Gasteiger charge is -2.28. The number of carboxylic acids is 1. The fourth-order valence-electron chi connectivity index (χ4n) is 1.64. The highest BCUT2D eigenvalue weighted by Gasteiger charge is 2.31. The number of ether oxygens (including phenoxy) is 1. The molecule has 1 rings (SSSR count). The van der Waals surface area contributed by atoms with Gasteiger partial charge in [0.1, 0.15) is 5.54 Å². The summed E-state index contributed by atoms with van der Waals surface area (Å²) >= 11 is 0. The molecule has 0 saturated carbocycles. The molecule has 0 radical (unpaired) electrons. The summed E-state index contributed by atoms with van der Waals surface area (Å²) in [5, 5.41) is 8.82. The van der Waals surface area contributed by atoms with Crippen LogP contribution in [0.2, 0.25) is 0 Å². The molecule has 0 aliphatic carbocycles. The van der Waals surface area contributed by atoms with Gasteiger partial charge in [0.2, 0.25) is 0 Å². The first-order chi connectivity index (χ1) is 6.02. The average molecular weight is 224 g/mol. The lowest BCUT2D eigenvalue weighted by Crippen LogP contribution is -2.46. The first kappa shape index (κ1) is 13.7. The van der Waals surface area contributed by atoms with Crippen molar-refractivity contribution in [1.29, 1.82) is 0 Å². The molecule has 1 heterocycles. The second kappa shape index (κ2) is 5.53. The summed E-state index contributed by atoms with van der Waals surface area (Å²) in [5.74, 6) is -0.515. The van der Waals surface area contributed by atoms with E-state index in [0.717, 1.165) is 26.1 Å². The molecule has 0 spiro atoms. The smallest absolute Gasteiger partial charge is 0.323 e. The topological polar surface area (TPSA) is 72.5 Å². The number of hydrogen-bond acceptors (Lipinski definition) is 3. The van der Waals surface area contributed by atoms with Crippen molar-refractivity contribution in [3.63, 3.8) is 0 Å². The van der Waals surface area contributed by atoms with Crippen LogP contribution in [0.5, 0.6) is 0 Å².